The number of methoxy groups -OCH3 is 1. The Morgan fingerprint density at radius 1 is 1.29 bits per heavy atom. The molecule has 1 rings (SSSR count). The van der Waals surface area contributed by atoms with Crippen LogP contribution in [0.15, 0.2) is 0 Å². The molecule has 0 aromatic rings. The van der Waals surface area contributed by atoms with Gasteiger partial charge in [-0.2, -0.15) is 0 Å². The minimum atomic E-state index is -0.0904. The zero-order valence-electron chi connectivity index (χ0n) is 14.0. The van der Waals surface area contributed by atoms with Gasteiger partial charge in [-0.15, -0.1) is 0 Å². The Hall–Kier alpha value is -0.650. The third-order valence-electron chi connectivity index (χ3n) is 4.14. The van der Waals surface area contributed by atoms with Gasteiger partial charge in [-0.25, -0.2) is 0 Å². The summed E-state index contributed by atoms with van der Waals surface area (Å²) in [6, 6.07) is -0.0904. The fourth-order valence-electron chi connectivity index (χ4n) is 2.88. The second kappa shape index (κ2) is 8.71. The summed E-state index contributed by atoms with van der Waals surface area (Å²) in [6.07, 6.45) is 4.81. The van der Waals surface area contributed by atoms with Crippen LogP contribution in [0.1, 0.15) is 52.9 Å². The number of aliphatic hydroxyl groups excluding tert-OH is 1. The predicted octanol–water partition coefficient (Wildman–Crippen LogP) is 1.54. The van der Waals surface area contributed by atoms with E-state index in [1.807, 2.05) is 0 Å². The molecule has 1 aliphatic rings. The highest BCUT2D eigenvalue weighted by atomic mass is 16.5. The van der Waals surface area contributed by atoms with Crippen LogP contribution in [0.2, 0.25) is 0 Å². The molecule has 1 amide bonds. The van der Waals surface area contributed by atoms with E-state index < -0.39 is 0 Å². The molecule has 0 spiro atoms. The number of nitrogens with zero attached hydrogens (tertiary/aromatic N) is 1. The fraction of sp³-hybridized carbons (Fsp3) is 0.938. The number of unbranched alkanes of at least 4 members (excludes halogenated alkanes) is 3. The zero-order valence-corrected chi connectivity index (χ0v) is 14.0. The Labute approximate surface area is 129 Å². The number of carbonyl (C=O) groups excluding carboxylic acids is 1. The lowest BCUT2D eigenvalue weighted by Gasteiger charge is -2.36. The highest BCUT2D eigenvalue weighted by Crippen LogP contribution is 2.28. The summed E-state index contributed by atoms with van der Waals surface area (Å²) in [6.45, 7) is 8.21. The number of rotatable bonds is 8. The van der Waals surface area contributed by atoms with Gasteiger partial charge in [0.25, 0.3) is 0 Å². The molecule has 1 aliphatic heterocycles. The lowest BCUT2D eigenvalue weighted by atomic mass is 10.0. The van der Waals surface area contributed by atoms with Gasteiger partial charge in [-0.3, -0.25) is 9.69 Å². The van der Waals surface area contributed by atoms with Gasteiger partial charge in [0.05, 0.1) is 12.1 Å². The monoisotopic (exact) mass is 300 g/mol. The zero-order chi connectivity index (χ0) is 15.9. The average molecular weight is 300 g/mol. The lowest BCUT2D eigenvalue weighted by molar-refractivity contribution is -0.127. The van der Waals surface area contributed by atoms with Crippen LogP contribution in [-0.2, 0) is 9.53 Å². The van der Waals surface area contributed by atoms with Crippen molar-refractivity contribution in [3.63, 3.8) is 0 Å². The first kappa shape index (κ1) is 18.4. The number of amides is 1. The van der Waals surface area contributed by atoms with Gasteiger partial charge in [-0.1, -0.05) is 12.8 Å². The number of aliphatic hydroxyl groups is 1. The van der Waals surface area contributed by atoms with E-state index in [4.69, 9.17) is 9.84 Å². The van der Waals surface area contributed by atoms with Crippen molar-refractivity contribution in [3.05, 3.63) is 0 Å². The van der Waals surface area contributed by atoms with E-state index in [9.17, 15) is 4.79 Å². The molecule has 1 heterocycles. The van der Waals surface area contributed by atoms with Crippen molar-refractivity contribution in [2.45, 2.75) is 70.6 Å². The largest absolute Gasteiger partial charge is 0.396 e. The van der Waals surface area contributed by atoms with Crippen LogP contribution < -0.4 is 5.32 Å². The number of ether oxygens (including phenoxy) is 1. The molecule has 21 heavy (non-hydrogen) atoms. The Morgan fingerprint density at radius 2 is 1.95 bits per heavy atom. The van der Waals surface area contributed by atoms with Crippen LogP contribution in [0.4, 0.5) is 0 Å². The second-order valence-corrected chi connectivity index (χ2v) is 6.86. The summed E-state index contributed by atoms with van der Waals surface area (Å²) < 4.78 is 5.44. The highest BCUT2D eigenvalue weighted by molar-refractivity contribution is 5.82. The van der Waals surface area contributed by atoms with Gasteiger partial charge in [-0.05, 0) is 40.0 Å². The van der Waals surface area contributed by atoms with E-state index in [-0.39, 0.29) is 30.2 Å². The van der Waals surface area contributed by atoms with Crippen LogP contribution in [0.25, 0.3) is 0 Å². The molecule has 124 valence electrons. The number of hydrogen-bond donors (Lipinski definition) is 2. The highest BCUT2D eigenvalue weighted by Gasteiger charge is 2.41. The third-order valence-corrected chi connectivity index (χ3v) is 4.14. The molecule has 0 aromatic carbocycles. The normalized spacial score (nSPS) is 23.5. The van der Waals surface area contributed by atoms with Crippen molar-refractivity contribution in [1.82, 2.24) is 10.2 Å². The smallest absolute Gasteiger partial charge is 0.237 e. The van der Waals surface area contributed by atoms with Crippen LogP contribution >= 0.6 is 0 Å². The van der Waals surface area contributed by atoms with E-state index in [2.05, 4.69) is 31.0 Å². The average Bonchev–Trinajstić information content (AvgIpc) is 2.87. The molecule has 2 N–H and O–H groups in total. The molecule has 1 fully saturated rings. The molecule has 0 aliphatic carbocycles. The molecular formula is C16H32N2O3. The van der Waals surface area contributed by atoms with Crippen LogP contribution in [0.3, 0.4) is 0 Å². The summed E-state index contributed by atoms with van der Waals surface area (Å²) >= 11 is 0. The molecule has 0 bridgehead atoms. The van der Waals surface area contributed by atoms with E-state index in [1.165, 1.54) is 0 Å². The summed E-state index contributed by atoms with van der Waals surface area (Å²) in [5.41, 5.74) is -0.0313. The van der Waals surface area contributed by atoms with Gasteiger partial charge >= 0.3 is 0 Å². The SMILES string of the molecule is COC1CC(C(=O)NCCCCCCO)N(C(C)(C)C)C1. The Bertz CT molecular complexity index is 315. The first-order valence-corrected chi connectivity index (χ1v) is 8.08. The van der Waals surface area contributed by atoms with E-state index in [0.29, 0.717) is 0 Å². The number of nitrogens with one attached hydrogen (secondary N) is 1. The first-order valence-electron chi connectivity index (χ1n) is 8.08. The number of likely N-dealkylation sites (tertiary alicyclic amines) is 1. The minimum Gasteiger partial charge on any atom is -0.396 e. The summed E-state index contributed by atoms with van der Waals surface area (Å²) in [7, 11) is 1.72. The minimum absolute atomic E-state index is 0.0313. The molecule has 1 saturated heterocycles. The van der Waals surface area contributed by atoms with Crippen molar-refractivity contribution in [1.29, 1.82) is 0 Å². The van der Waals surface area contributed by atoms with Crippen LogP contribution in [0.5, 0.6) is 0 Å². The maximum atomic E-state index is 12.4. The van der Waals surface area contributed by atoms with Gasteiger partial charge in [0, 0.05) is 32.3 Å². The van der Waals surface area contributed by atoms with Crippen molar-refractivity contribution >= 4 is 5.91 Å². The number of hydrogen-bond acceptors (Lipinski definition) is 4. The van der Waals surface area contributed by atoms with E-state index >= 15 is 0 Å². The van der Waals surface area contributed by atoms with Crippen molar-refractivity contribution < 1.29 is 14.6 Å². The Morgan fingerprint density at radius 3 is 2.52 bits per heavy atom. The standard InChI is InChI=1S/C16H32N2O3/c1-16(2,3)18-12-13(21-4)11-14(18)15(20)17-9-7-5-6-8-10-19/h13-14,19H,5-12H2,1-4H3,(H,17,20). The van der Waals surface area contributed by atoms with Crippen molar-refractivity contribution in [3.8, 4) is 0 Å². The summed E-state index contributed by atoms with van der Waals surface area (Å²) in [5.74, 6) is 0.117. The Balaban J connectivity index is 2.40. The predicted molar refractivity (Wildman–Crippen MR) is 84.2 cm³/mol. The molecule has 2 atom stereocenters. The van der Waals surface area contributed by atoms with Crippen molar-refractivity contribution in [2.75, 3.05) is 26.8 Å². The van der Waals surface area contributed by atoms with E-state index in [0.717, 1.165) is 45.2 Å². The van der Waals surface area contributed by atoms with Gasteiger partial charge in [0.2, 0.25) is 5.91 Å². The van der Waals surface area contributed by atoms with Crippen molar-refractivity contribution in [2.24, 2.45) is 0 Å². The lowest BCUT2D eigenvalue weighted by Crippen LogP contribution is -2.51. The van der Waals surface area contributed by atoms with E-state index in [1.54, 1.807) is 7.11 Å². The first-order chi connectivity index (χ1) is 9.90. The van der Waals surface area contributed by atoms with Crippen LogP contribution in [0, 0.1) is 0 Å². The quantitative estimate of drug-likeness (QED) is 0.668. The third kappa shape index (κ3) is 5.93. The van der Waals surface area contributed by atoms with Crippen LogP contribution in [-0.4, -0.2) is 60.4 Å². The summed E-state index contributed by atoms with van der Waals surface area (Å²) in [5, 5.41) is 11.8. The molecule has 5 nitrogen and oxygen atoms in total. The number of carbonyl (C=O) groups is 1. The maximum Gasteiger partial charge on any atom is 0.237 e. The summed E-state index contributed by atoms with van der Waals surface area (Å²) in [4.78, 5) is 14.6. The second-order valence-electron chi connectivity index (χ2n) is 6.86. The fourth-order valence-corrected chi connectivity index (χ4v) is 2.88. The van der Waals surface area contributed by atoms with Gasteiger partial charge in [0.1, 0.15) is 0 Å². The molecule has 5 heteroatoms. The van der Waals surface area contributed by atoms with Gasteiger partial charge < -0.3 is 15.2 Å². The molecule has 0 radical (unpaired) electrons. The van der Waals surface area contributed by atoms with Gasteiger partial charge in [0.15, 0.2) is 0 Å². The topological polar surface area (TPSA) is 61.8 Å². The molecular weight excluding hydrogens is 268 g/mol. The molecule has 2 unspecified atom stereocenters. The maximum absolute atomic E-state index is 12.4. The molecule has 0 aromatic heterocycles. The Kier molecular flexibility index (Phi) is 7.63. The molecule has 0 saturated carbocycles.